The second-order valence-electron chi connectivity index (χ2n) is 8.09. The number of ether oxygens (including phenoxy) is 1. The molecule has 0 unspecified atom stereocenters. The largest absolute Gasteiger partial charge is 0.379 e. The number of benzene rings is 2. The summed E-state index contributed by atoms with van der Waals surface area (Å²) in [6.45, 7) is 5.11. The number of hydrogen-bond acceptors (Lipinski definition) is 5. The molecular weight excluding hydrogens is 466 g/mol. The second kappa shape index (κ2) is 11.1. The molecule has 0 aromatic heterocycles. The molecular formula is C23H28ClN3O5S. The fraction of sp³-hybridized carbons (Fsp3) is 0.391. The van der Waals surface area contributed by atoms with Gasteiger partial charge in [0.15, 0.2) is 0 Å². The molecule has 0 bridgehead atoms. The lowest BCUT2D eigenvalue weighted by molar-refractivity contribution is -0.124. The number of morpholine rings is 1. The minimum atomic E-state index is -3.74. The van der Waals surface area contributed by atoms with Gasteiger partial charge >= 0.3 is 0 Å². The summed E-state index contributed by atoms with van der Waals surface area (Å²) in [6.07, 6.45) is 0. The number of amides is 2. The van der Waals surface area contributed by atoms with Gasteiger partial charge in [-0.3, -0.25) is 9.59 Å². The summed E-state index contributed by atoms with van der Waals surface area (Å²) in [7, 11) is -3.74. The summed E-state index contributed by atoms with van der Waals surface area (Å²) in [6, 6.07) is 12.2. The minimum Gasteiger partial charge on any atom is -0.379 e. The fourth-order valence-corrected chi connectivity index (χ4v) is 5.11. The predicted molar refractivity (Wildman–Crippen MR) is 125 cm³/mol. The van der Waals surface area contributed by atoms with Crippen molar-refractivity contribution in [2.24, 2.45) is 5.92 Å². The Kier molecular flexibility index (Phi) is 8.47. The van der Waals surface area contributed by atoms with Crippen LogP contribution in [0, 0.1) is 5.92 Å². The van der Waals surface area contributed by atoms with Crippen LogP contribution in [-0.2, 0) is 26.1 Å². The highest BCUT2D eigenvalue weighted by molar-refractivity contribution is 7.89. The smallest absolute Gasteiger partial charge is 0.251 e. The van der Waals surface area contributed by atoms with E-state index >= 15 is 0 Å². The average molecular weight is 494 g/mol. The number of carbonyl (C=O) groups is 2. The van der Waals surface area contributed by atoms with Crippen molar-refractivity contribution in [3.63, 3.8) is 0 Å². The predicted octanol–water partition coefficient (Wildman–Crippen LogP) is 2.43. The second-order valence-corrected chi connectivity index (χ2v) is 10.5. The molecule has 0 aliphatic carbocycles. The molecule has 1 saturated heterocycles. The Morgan fingerprint density at radius 2 is 1.79 bits per heavy atom. The van der Waals surface area contributed by atoms with Gasteiger partial charge in [0.05, 0.1) is 18.1 Å². The zero-order chi connectivity index (χ0) is 24.0. The van der Waals surface area contributed by atoms with Gasteiger partial charge in [-0.05, 0) is 41.8 Å². The maximum atomic E-state index is 12.9. The van der Waals surface area contributed by atoms with Crippen LogP contribution in [-0.4, -0.2) is 56.9 Å². The van der Waals surface area contributed by atoms with Crippen molar-refractivity contribution in [2.45, 2.75) is 31.3 Å². The highest BCUT2D eigenvalue weighted by Crippen LogP contribution is 2.19. The van der Waals surface area contributed by atoms with Gasteiger partial charge in [0.25, 0.3) is 5.91 Å². The number of rotatable bonds is 8. The number of halogens is 1. The van der Waals surface area contributed by atoms with Crippen LogP contribution in [0.15, 0.2) is 53.4 Å². The number of nitrogens with zero attached hydrogens (tertiary/aromatic N) is 1. The molecule has 8 nitrogen and oxygen atoms in total. The number of nitrogens with one attached hydrogen (secondary N) is 2. The normalized spacial score (nSPS) is 15.8. The summed E-state index contributed by atoms with van der Waals surface area (Å²) >= 11 is 5.98. The molecule has 0 radical (unpaired) electrons. The molecule has 2 aromatic carbocycles. The first-order valence-corrected chi connectivity index (χ1v) is 12.5. The summed E-state index contributed by atoms with van der Waals surface area (Å²) in [4.78, 5) is 25.7. The standard InChI is InChI=1S/C23H28ClN3O5S/c1-16(2)21(23(29)25-15-17-5-3-7-19(24)13-17)26-22(28)18-6-4-8-20(14-18)33(30,31)27-9-11-32-12-10-27/h3-8,13-14,16,21H,9-12,15H2,1-2H3,(H,25,29)(H,26,28)/t21-/m0/s1. The highest BCUT2D eigenvalue weighted by Gasteiger charge is 2.28. The molecule has 2 aromatic rings. The first kappa shape index (κ1) is 25.2. The van der Waals surface area contributed by atoms with Crippen molar-refractivity contribution < 1.29 is 22.7 Å². The summed E-state index contributed by atoms with van der Waals surface area (Å²) in [5, 5.41) is 6.12. The maximum Gasteiger partial charge on any atom is 0.251 e. The number of hydrogen-bond donors (Lipinski definition) is 2. The average Bonchev–Trinajstić information content (AvgIpc) is 2.81. The van der Waals surface area contributed by atoms with Crippen LogP contribution < -0.4 is 10.6 Å². The van der Waals surface area contributed by atoms with Crippen LogP contribution in [0.3, 0.4) is 0 Å². The Balaban J connectivity index is 1.70. The van der Waals surface area contributed by atoms with Gasteiger partial charge in [-0.25, -0.2) is 8.42 Å². The van der Waals surface area contributed by atoms with Gasteiger partial charge in [-0.1, -0.05) is 43.6 Å². The van der Waals surface area contributed by atoms with E-state index in [4.69, 9.17) is 16.3 Å². The van der Waals surface area contributed by atoms with Gasteiger partial charge in [-0.15, -0.1) is 0 Å². The molecule has 1 aliphatic heterocycles. The van der Waals surface area contributed by atoms with Gasteiger partial charge < -0.3 is 15.4 Å². The monoisotopic (exact) mass is 493 g/mol. The van der Waals surface area contributed by atoms with E-state index in [1.807, 2.05) is 19.9 Å². The molecule has 33 heavy (non-hydrogen) atoms. The van der Waals surface area contributed by atoms with Crippen molar-refractivity contribution >= 4 is 33.4 Å². The van der Waals surface area contributed by atoms with E-state index in [0.29, 0.717) is 18.2 Å². The van der Waals surface area contributed by atoms with Gasteiger partial charge in [0, 0.05) is 30.2 Å². The van der Waals surface area contributed by atoms with E-state index in [0.717, 1.165) is 5.56 Å². The Bertz CT molecular complexity index is 1100. The molecule has 1 heterocycles. The van der Waals surface area contributed by atoms with E-state index in [2.05, 4.69) is 10.6 Å². The lowest BCUT2D eigenvalue weighted by atomic mass is 10.0. The molecule has 2 N–H and O–H groups in total. The number of sulfonamides is 1. The Hall–Kier alpha value is -2.46. The highest BCUT2D eigenvalue weighted by atomic mass is 35.5. The van der Waals surface area contributed by atoms with Gasteiger partial charge in [0.1, 0.15) is 6.04 Å². The van der Waals surface area contributed by atoms with Crippen molar-refractivity contribution in [3.8, 4) is 0 Å². The van der Waals surface area contributed by atoms with Crippen molar-refractivity contribution in [3.05, 3.63) is 64.7 Å². The van der Waals surface area contributed by atoms with E-state index in [9.17, 15) is 18.0 Å². The molecule has 1 aliphatic rings. The van der Waals surface area contributed by atoms with Crippen LogP contribution in [0.4, 0.5) is 0 Å². The lowest BCUT2D eigenvalue weighted by Gasteiger charge is -2.26. The van der Waals surface area contributed by atoms with Crippen molar-refractivity contribution in [1.82, 2.24) is 14.9 Å². The summed E-state index contributed by atoms with van der Waals surface area (Å²) in [5.74, 6) is -1.05. The number of carbonyl (C=O) groups excluding carboxylic acids is 2. The summed E-state index contributed by atoms with van der Waals surface area (Å²) < 4.78 is 32.4. The quantitative estimate of drug-likeness (QED) is 0.587. The van der Waals surface area contributed by atoms with Crippen LogP contribution in [0.25, 0.3) is 0 Å². The fourth-order valence-electron chi connectivity index (χ4n) is 3.44. The third-order valence-corrected chi connectivity index (χ3v) is 7.43. The zero-order valence-corrected chi connectivity index (χ0v) is 20.2. The Labute approximate surface area is 199 Å². The zero-order valence-electron chi connectivity index (χ0n) is 18.6. The minimum absolute atomic E-state index is 0.0311. The van der Waals surface area contributed by atoms with Gasteiger partial charge in [-0.2, -0.15) is 4.31 Å². The molecule has 178 valence electrons. The van der Waals surface area contributed by atoms with Crippen molar-refractivity contribution in [2.75, 3.05) is 26.3 Å². The molecule has 0 spiro atoms. The van der Waals surface area contributed by atoms with E-state index in [1.165, 1.54) is 28.6 Å². The summed E-state index contributed by atoms with van der Waals surface area (Å²) in [5.41, 5.74) is 1.00. The van der Waals surface area contributed by atoms with Gasteiger partial charge in [0.2, 0.25) is 15.9 Å². The molecule has 1 atom stereocenters. The third-order valence-electron chi connectivity index (χ3n) is 5.30. The molecule has 1 fully saturated rings. The van der Waals surface area contributed by atoms with Crippen molar-refractivity contribution in [1.29, 1.82) is 0 Å². The topological polar surface area (TPSA) is 105 Å². The third kappa shape index (κ3) is 6.54. The SMILES string of the molecule is CC(C)[C@H](NC(=O)c1cccc(S(=O)(=O)N2CCOCC2)c1)C(=O)NCc1cccc(Cl)c1. The van der Waals surface area contributed by atoms with Crippen LogP contribution in [0.2, 0.25) is 5.02 Å². The first-order chi connectivity index (χ1) is 15.7. The lowest BCUT2D eigenvalue weighted by Crippen LogP contribution is -2.49. The van der Waals surface area contributed by atoms with Crippen LogP contribution >= 0.6 is 11.6 Å². The Morgan fingerprint density at radius 1 is 1.09 bits per heavy atom. The molecule has 3 rings (SSSR count). The Morgan fingerprint density at radius 3 is 2.45 bits per heavy atom. The van der Waals surface area contributed by atoms with E-state index in [-0.39, 0.29) is 41.9 Å². The first-order valence-electron chi connectivity index (χ1n) is 10.7. The van der Waals surface area contributed by atoms with E-state index < -0.39 is 22.0 Å². The molecule has 0 saturated carbocycles. The van der Waals surface area contributed by atoms with E-state index in [1.54, 1.807) is 18.2 Å². The van der Waals surface area contributed by atoms with Crippen LogP contribution in [0.5, 0.6) is 0 Å². The molecule has 10 heteroatoms. The maximum absolute atomic E-state index is 12.9. The molecule has 2 amide bonds. The van der Waals surface area contributed by atoms with Crippen LogP contribution in [0.1, 0.15) is 29.8 Å².